The Morgan fingerprint density at radius 1 is 0.811 bits per heavy atom. The highest BCUT2D eigenvalue weighted by molar-refractivity contribution is 5.96. The number of allylic oxidation sites excluding steroid dienone is 2. The van der Waals surface area contributed by atoms with E-state index in [9.17, 15) is 19.2 Å². The van der Waals surface area contributed by atoms with Crippen molar-refractivity contribution in [1.82, 2.24) is 9.80 Å². The summed E-state index contributed by atoms with van der Waals surface area (Å²) < 4.78 is 11.8. The van der Waals surface area contributed by atoms with Gasteiger partial charge in [0, 0.05) is 32.1 Å². The molecule has 0 aromatic heterocycles. The molecular weight excluding hydrogens is 665 g/mol. The predicted molar refractivity (Wildman–Crippen MR) is 204 cm³/mol. The highest BCUT2D eigenvalue weighted by atomic mass is 16.5. The van der Waals surface area contributed by atoms with Crippen LogP contribution in [0.1, 0.15) is 112 Å². The second kappa shape index (κ2) is 13.3. The second-order valence-electron chi connectivity index (χ2n) is 20.0. The van der Waals surface area contributed by atoms with Crippen LogP contribution in [0, 0.1) is 56.2 Å². The van der Waals surface area contributed by atoms with Crippen molar-refractivity contribution in [2.75, 3.05) is 39.8 Å². The largest absolute Gasteiger partial charge is 0.460 e. The molecule has 4 saturated carbocycles. The minimum absolute atomic E-state index is 0.0429. The fourth-order valence-electron chi connectivity index (χ4n) is 13.1. The van der Waals surface area contributed by atoms with Crippen molar-refractivity contribution in [2.24, 2.45) is 56.2 Å². The van der Waals surface area contributed by atoms with Gasteiger partial charge in [-0.3, -0.25) is 19.2 Å². The van der Waals surface area contributed by atoms with Gasteiger partial charge in [-0.05, 0) is 122 Å². The first-order valence-corrected chi connectivity index (χ1v) is 20.5. The zero-order chi connectivity index (χ0) is 38.2. The van der Waals surface area contributed by atoms with Crippen molar-refractivity contribution in [1.29, 1.82) is 0 Å². The van der Waals surface area contributed by atoms with E-state index in [-0.39, 0.29) is 87.6 Å². The van der Waals surface area contributed by atoms with Gasteiger partial charge >= 0.3 is 11.9 Å². The van der Waals surface area contributed by atoms with Crippen molar-refractivity contribution in [3.63, 3.8) is 0 Å². The van der Waals surface area contributed by atoms with Crippen LogP contribution in [0.2, 0.25) is 0 Å². The number of carbonyl (C=O) groups excluding carboxylic acids is 4. The molecule has 1 saturated heterocycles. The van der Waals surface area contributed by atoms with Gasteiger partial charge in [0.05, 0.1) is 11.3 Å². The normalized spacial score (nSPS) is 40.8. The summed E-state index contributed by atoms with van der Waals surface area (Å²) in [5.74, 6) is -0.426. The van der Waals surface area contributed by atoms with E-state index < -0.39 is 5.41 Å². The molecule has 1 aromatic rings. The Kier molecular flexibility index (Phi) is 9.63. The van der Waals surface area contributed by atoms with Crippen LogP contribution >= 0.6 is 0 Å². The number of esters is 2. The molecule has 9 atom stereocenters. The lowest BCUT2D eigenvalue weighted by Gasteiger charge is -2.70. The molecule has 5 aliphatic carbocycles. The fourth-order valence-corrected chi connectivity index (χ4v) is 13.1. The first-order chi connectivity index (χ1) is 24.9. The molecule has 8 nitrogen and oxygen atoms in total. The van der Waals surface area contributed by atoms with Crippen molar-refractivity contribution in [3.8, 4) is 0 Å². The van der Waals surface area contributed by atoms with Gasteiger partial charge in [-0.1, -0.05) is 77.4 Å². The molecule has 1 aromatic carbocycles. The van der Waals surface area contributed by atoms with Gasteiger partial charge in [0.1, 0.15) is 6.61 Å². The summed E-state index contributed by atoms with van der Waals surface area (Å²) >= 11 is 0. The van der Waals surface area contributed by atoms with E-state index in [0.29, 0.717) is 25.9 Å². The minimum Gasteiger partial charge on any atom is -0.460 e. The van der Waals surface area contributed by atoms with Crippen LogP contribution in [-0.2, 0) is 35.3 Å². The van der Waals surface area contributed by atoms with Crippen LogP contribution in [-0.4, -0.2) is 73.3 Å². The van der Waals surface area contributed by atoms with Crippen LogP contribution in [0.3, 0.4) is 0 Å². The average Bonchev–Trinajstić information content (AvgIpc) is 3.11. The number of ether oxygens (including phenoxy) is 2. The molecule has 53 heavy (non-hydrogen) atoms. The van der Waals surface area contributed by atoms with Crippen molar-refractivity contribution in [2.45, 2.75) is 113 Å². The maximum absolute atomic E-state index is 14.9. The Labute approximate surface area is 317 Å². The molecule has 0 spiro atoms. The van der Waals surface area contributed by atoms with Crippen LogP contribution in [0.4, 0.5) is 0 Å². The molecule has 7 rings (SSSR count). The maximum atomic E-state index is 14.9. The lowest BCUT2D eigenvalue weighted by molar-refractivity contribution is -0.200. The van der Waals surface area contributed by atoms with Gasteiger partial charge in [-0.25, -0.2) is 0 Å². The van der Waals surface area contributed by atoms with E-state index in [0.717, 1.165) is 63.6 Å². The summed E-state index contributed by atoms with van der Waals surface area (Å²) in [4.78, 5) is 59.4. The number of carbonyl (C=O) groups is 4. The molecule has 0 N–H and O–H groups in total. The summed E-state index contributed by atoms with van der Waals surface area (Å²) in [5.41, 5.74) is 0.651. The van der Waals surface area contributed by atoms with Crippen LogP contribution < -0.4 is 0 Å². The highest BCUT2D eigenvalue weighted by Crippen LogP contribution is 2.75. The third-order valence-electron chi connectivity index (χ3n) is 16.8. The second-order valence-corrected chi connectivity index (χ2v) is 20.0. The van der Waals surface area contributed by atoms with Gasteiger partial charge < -0.3 is 19.3 Å². The number of rotatable bonds is 6. The SMILES string of the molecule is CN1CCN(C(=O)COC(=O)[C@H]2CC[C@]3(C)[C@H]4C(=O)C=C5C6C[C@@](C)(C(=O)OCc7ccccc7)CC[C@]6(C)CC[C@@]5(C)[C@]4(C)CC[C@H]3C2(C)C)CC1. The van der Waals surface area contributed by atoms with E-state index in [1.165, 1.54) is 5.57 Å². The highest BCUT2D eigenvalue weighted by Gasteiger charge is 2.70. The lowest BCUT2D eigenvalue weighted by Crippen LogP contribution is -2.66. The summed E-state index contributed by atoms with van der Waals surface area (Å²) in [6.07, 6.45) is 9.94. The van der Waals surface area contributed by atoms with Gasteiger partial charge in [0.15, 0.2) is 12.4 Å². The molecule has 1 unspecified atom stereocenters. The topological polar surface area (TPSA) is 93.2 Å². The molecule has 290 valence electrons. The number of nitrogens with zero attached hydrogens (tertiary/aromatic N) is 2. The number of hydrogen-bond acceptors (Lipinski definition) is 7. The van der Waals surface area contributed by atoms with Gasteiger partial charge in [-0.15, -0.1) is 0 Å². The van der Waals surface area contributed by atoms with Gasteiger partial charge in [0.25, 0.3) is 5.91 Å². The quantitative estimate of drug-likeness (QED) is 0.278. The van der Waals surface area contributed by atoms with E-state index in [1.54, 1.807) is 4.90 Å². The Balaban J connectivity index is 1.10. The standard InChI is InChI=1S/C45H64N2O6/c1-40(2)31(38(50)52-29-36(49)47-24-22-46(8)23-25-47)14-16-43(5)35(40)15-17-45(7)37(43)34(48)26-32-33-27-42(4,19-18-41(33,3)20-21-44(32,45)6)39(51)53-28-30-12-10-9-11-13-30/h9-13,26,31,33,35,37H,14-25,27-29H2,1-8H3/t31-,33?,35+,37-,41-,42+,43+,44-,45-/m1/s1. The predicted octanol–water partition coefficient (Wildman–Crippen LogP) is 7.64. The molecule has 1 aliphatic heterocycles. The van der Waals surface area contributed by atoms with Crippen LogP contribution in [0.25, 0.3) is 0 Å². The summed E-state index contributed by atoms with van der Waals surface area (Å²) in [7, 11) is 2.05. The molecule has 0 radical (unpaired) electrons. The van der Waals surface area contributed by atoms with Crippen LogP contribution in [0.5, 0.6) is 0 Å². The van der Waals surface area contributed by atoms with Crippen LogP contribution in [0.15, 0.2) is 42.0 Å². The number of piperazine rings is 1. The number of likely N-dealkylation sites (N-methyl/N-ethyl adjacent to an activating group) is 1. The van der Waals surface area contributed by atoms with E-state index in [1.807, 2.05) is 30.3 Å². The smallest absolute Gasteiger partial charge is 0.312 e. The van der Waals surface area contributed by atoms with Crippen molar-refractivity contribution in [3.05, 3.63) is 47.5 Å². The third kappa shape index (κ3) is 6.12. The Morgan fingerprint density at radius 3 is 2.19 bits per heavy atom. The lowest BCUT2D eigenvalue weighted by atomic mass is 9.33. The number of fused-ring (bicyclic) bond motifs is 7. The van der Waals surface area contributed by atoms with Crippen molar-refractivity contribution >= 4 is 23.6 Å². The number of hydrogen-bond donors (Lipinski definition) is 0. The van der Waals surface area contributed by atoms with E-state index in [4.69, 9.17) is 9.47 Å². The summed E-state index contributed by atoms with van der Waals surface area (Å²) in [6.45, 7) is 19.1. The Hall–Kier alpha value is -3.00. The maximum Gasteiger partial charge on any atom is 0.312 e. The monoisotopic (exact) mass is 728 g/mol. The number of ketones is 1. The first-order valence-electron chi connectivity index (χ1n) is 20.5. The summed E-state index contributed by atoms with van der Waals surface area (Å²) in [5, 5.41) is 0. The molecule has 0 bridgehead atoms. The van der Waals surface area contributed by atoms with Crippen molar-refractivity contribution < 1.29 is 28.7 Å². The third-order valence-corrected chi connectivity index (χ3v) is 16.8. The molecule has 6 aliphatic rings. The van der Waals surface area contributed by atoms with Gasteiger partial charge in [0.2, 0.25) is 0 Å². The first kappa shape index (κ1) is 38.3. The van der Waals surface area contributed by atoms with E-state index >= 15 is 0 Å². The number of benzene rings is 1. The average molecular weight is 729 g/mol. The molecule has 5 fully saturated rings. The molecule has 1 amide bonds. The summed E-state index contributed by atoms with van der Waals surface area (Å²) in [6, 6.07) is 9.88. The Morgan fingerprint density at radius 2 is 1.49 bits per heavy atom. The molecular formula is C45H64N2O6. The zero-order valence-electron chi connectivity index (χ0n) is 33.7. The number of amides is 1. The zero-order valence-corrected chi connectivity index (χ0v) is 33.7. The molecule has 1 heterocycles. The van der Waals surface area contributed by atoms with E-state index in [2.05, 4.69) is 66.5 Å². The van der Waals surface area contributed by atoms with Gasteiger partial charge in [-0.2, -0.15) is 0 Å². The Bertz CT molecular complexity index is 1660. The minimum atomic E-state index is -0.603. The fraction of sp³-hybridized carbons (Fsp3) is 0.733. The molecule has 8 heteroatoms.